The lowest BCUT2D eigenvalue weighted by atomic mass is 10.3. The maximum atomic E-state index is 12.2. The average Bonchev–Trinajstić information content (AvgIpc) is 2.28. The van der Waals surface area contributed by atoms with Crippen LogP contribution >= 0.6 is 11.6 Å². The standard InChI is InChI=1S/C12H18ClNO4S/c1-3-14-10(15)8-9(2)11(12(14)16)19(17,18)7-5-4-6-13/h8,15H,3-7H2,1-2H3. The van der Waals surface area contributed by atoms with E-state index in [2.05, 4.69) is 0 Å². The zero-order valence-corrected chi connectivity index (χ0v) is 12.6. The molecule has 0 radical (unpaired) electrons. The lowest BCUT2D eigenvalue weighted by Crippen LogP contribution is -2.28. The van der Waals surface area contributed by atoms with Gasteiger partial charge in [-0.25, -0.2) is 8.42 Å². The fourth-order valence-electron chi connectivity index (χ4n) is 1.90. The molecule has 1 N–H and O–H groups in total. The summed E-state index contributed by atoms with van der Waals surface area (Å²) in [6, 6.07) is 1.30. The smallest absolute Gasteiger partial charge is 0.272 e. The molecule has 0 aliphatic rings. The van der Waals surface area contributed by atoms with Crippen LogP contribution in [0.3, 0.4) is 0 Å². The molecular formula is C12H18ClNO4S. The number of nitrogens with zero attached hydrogens (tertiary/aromatic N) is 1. The fourth-order valence-corrected chi connectivity index (χ4v) is 3.81. The molecule has 1 aromatic heterocycles. The van der Waals surface area contributed by atoms with E-state index in [1.54, 1.807) is 6.92 Å². The maximum Gasteiger partial charge on any atom is 0.272 e. The van der Waals surface area contributed by atoms with Crippen molar-refractivity contribution in [2.45, 2.75) is 38.1 Å². The largest absolute Gasteiger partial charge is 0.494 e. The van der Waals surface area contributed by atoms with Crippen molar-refractivity contribution in [1.82, 2.24) is 4.57 Å². The number of sulfone groups is 1. The highest BCUT2D eigenvalue weighted by Gasteiger charge is 2.23. The number of aromatic hydroxyl groups is 1. The molecule has 0 saturated carbocycles. The second-order valence-electron chi connectivity index (χ2n) is 4.28. The van der Waals surface area contributed by atoms with Gasteiger partial charge in [-0.1, -0.05) is 0 Å². The molecular weight excluding hydrogens is 290 g/mol. The molecule has 1 heterocycles. The number of pyridine rings is 1. The van der Waals surface area contributed by atoms with E-state index in [9.17, 15) is 18.3 Å². The van der Waals surface area contributed by atoms with Crippen LogP contribution in [0.15, 0.2) is 15.8 Å². The summed E-state index contributed by atoms with van der Waals surface area (Å²) < 4.78 is 25.4. The van der Waals surface area contributed by atoms with Crippen molar-refractivity contribution >= 4 is 21.4 Å². The minimum atomic E-state index is -3.65. The van der Waals surface area contributed by atoms with E-state index in [1.165, 1.54) is 13.0 Å². The van der Waals surface area contributed by atoms with Crippen molar-refractivity contribution < 1.29 is 13.5 Å². The quantitative estimate of drug-likeness (QED) is 0.641. The van der Waals surface area contributed by atoms with Crippen LogP contribution in [0.5, 0.6) is 5.88 Å². The van der Waals surface area contributed by atoms with Crippen LogP contribution in [0.25, 0.3) is 0 Å². The third-order valence-electron chi connectivity index (χ3n) is 2.84. The number of hydrogen-bond acceptors (Lipinski definition) is 4. The lowest BCUT2D eigenvalue weighted by molar-refractivity contribution is 0.407. The number of aromatic nitrogens is 1. The molecule has 0 aromatic carbocycles. The molecule has 0 amide bonds. The van der Waals surface area contributed by atoms with Crippen molar-refractivity contribution in [2.75, 3.05) is 11.6 Å². The zero-order chi connectivity index (χ0) is 14.6. The monoisotopic (exact) mass is 307 g/mol. The van der Waals surface area contributed by atoms with Crippen molar-refractivity contribution in [3.8, 4) is 5.88 Å². The van der Waals surface area contributed by atoms with E-state index < -0.39 is 15.4 Å². The Bertz CT molecular complexity index is 607. The Morgan fingerprint density at radius 2 is 2.00 bits per heavy atom. The van der Waals surface area contributed by atoms with Crippen LogP contribution in [0.2, 0.25) is 0 Å². The Morgan fingerprint density at radius 3 is 2.53 bits per heavy atom. The van der Waals surface area contributed by atoms with Gasteiger partial charge in [0.15, 0.2) is 15.7 Å². The summed E-state index contributed by atoms with van der Waals surface area (Å²) in [7, 11) is -3.65. The Kier molecular flexibility index (Phi) is 5.43. The SMILES string of the molecule is CCn1c(O)cc(C)c(S(=O)(=O)CCCCCl)c1=O. The van der Waals surface area contributed by atoms with Gasteiger partial charge in [-0.15, -0.1) is 11.6 Å². The van der Waals surface area contributed by atoms with Gasteiger partial charge in [-0.2, -0.15) is 0 Å². The minimum Gasteiger partial charge on any atom is -0.494 e. The molecule has 19 heavy (non-hydrogen) atoms. The summed E-state index contributed by atoms with van der Waals surface area (Å²) in [5.41, 5.74) is -0.385. The number of hydrogen-bond donors (Lipinski definition) is 1. The molecule has 0 aliphatic carbocycles. The number of rotatable bonds is 6. The predicted molar refractivity (Wildman–Crippen MR) is 74.8 cm³/mol. The summed E-state index contributed by atoms with van der Waals surface area (Å²) in [6.45, 7) is 3.39. The molecule has 5 nitrogen and oxygen atoms in total. The molecule has 0 atom stereocenters. The second-order valence-corrected chi connectivity index (χ2v) is 6.70. The van der Waals surface area contributed by atoms with E-state index in [4.69, 9.17) is 11.6 Å². The lowest BCUT2D eigenvalue weighted by Gasteiger charge is -2.11. The number of aryl methyl sites for hydroxylation is 1. The summed E-state index contributed by atoms with van der Waals surface area (Å²) in [6.07, 6.45) is 0.998. The molecule has 0 saturated heterocycles. The Labute approximate surface area is 117 Å². The summed E-state index contributed by atoms with van der Waals surface area (Å²) >= 11 is 5.51. The third kappa shape index (κ3) is 3.51. The van der Waals surface area contributed by atoms with E-state index in [1.807, 2.05) is 0 Å². The highest BCUT2D eigenvalue weighted by Crippen LogP contribution is 2.18. The van der Waals surface area contributed by atoms with Crippen LogP contribution in [0.4, 0.5) is 0 Å². The van der Waals surface area contributed by atoms with Gasteiger partial charge < -0.3 is 5.11 Å². The molecule has 7 heteroatoms. The van der Waals surface area contributed by atoms with E-state index in [0.717, 1.165) is 4.57 Å². The molecule has 108 valence electrons. The van der Waals surface area contributed by atoms with Crippen LogP contribution in [0.1, 0.15) is 25.3 Å². The van der Waals surface area contributed by atoms with Crippen LogP contribution < -0.4 is 5.56 Å². The second kappa shape index (κ2) is 6.43. The van der Waals surface area contributed by atoms with Crippen LogP contribution in [-0.2, 0) is 16.4 Å². The van der Waals surface area contributed by atoms with Crippen molar-refractivity contribution in [1.29, 1.82) is 0 Å². The fraction of sp³-hybridized carbons (Fsp3) is 0.583. The highest BCUT2D eigenvalue weighted by atomic mass is 35.5. The first-order chi connectivity index (χ1) is 8.85. The average molecular weight is 308 g/mol. The van der Waals surface area contributed by atoms with Gasteiger partial charge in [-0.3, -0.25) is 9.36 Å². The summed E-state index contributed by atoms with van der Waals surface area (Å²) in [5.74, 6) is 0.0674. The van der Waals surface area contributed by atoms with Gasteiger partial charge in [0.05, 0.1) is 5.75 Å². The highest BCUT2D eigenvalue weighted by molar-refractivity contribution is 7.91. The predicted octanol–water partition coefficient (Wildman–Crippen LogP) is 1.67. The first-order valence-corrected chi connectivity index (χ1v) is 8.26. The summed E-state index contributed by atoms with van der Waals surface area (Å²) in [4.78, 5) is 11.9. The number of alkyl halides is 1. The Balaban J connectivity index is 3.31. The van der Waals surface area contributed by atoms with Crippen molar-refractivity contribution in [2.24, 2.45) is 0 Å². The van der Waals surface area contributed by atoms with E-state index in [0.29, 0.717) is 18.7 Å². The van der Waals surface area contributed by atoms with Crippen LogP contribution in [-0.4, -0.2) is 29.7 Å². The molecule has 1 aromatic rings. The van der Waals surface area contributed by atoms with Gasteiger partial charge in [0.25, 0.3) is 5.56 Å². The zero-order valence-electron chi connectivity index (χ0n) is 11.0. The molecule has 0 bridgehead atoms. The van der Waals surface area contributed by atoms with Gasteiger partial charge >= 0.3 is 0 Å². The van der Waals surface area contributed by atoms with E-state index >= 15 is 0 Å². The maximum absolute atomic E-state index is 12.2. The third-order valence-corrected chi connectivity index (χ3v) is 5.06. The molecule has 0 fully saturated rings. The van der Waals surface area contributed by atoms with E-state index in [-0.39, 0.29) is 28.6 Å². The molecule has 0 aliphatic heterocycles. The molecule has 0 unspecified atom stereocenters. The first-order valence-electron chi connectivity index (χ1n) is 6.07. The summed E-state index contributed by atoms with van der Waals surface area (Å²) in [5, 5.41) is 9.63. The minimum absolute atomic E-state index is 0.107. The Morgan fingerprint density at radius 1 is 1.37 bits per heavy atom. The van der Waals surface area contributed by atoms with Gasteiger partial charge in [0.1, 0.15) is 4.90 Å². The van der Waals surface area contributed by atoms with Crippen LogP contribution in [0, 0.1) is 6.92 Å². The first kappa shape index (κ1) is 16.0. The van der Waals surface area contributed by atoms with Gasteiger partial charge in [-0.05, 0) is 32.3 Å². The van der Waals surface area contributed by atoms with Gasteiger partial charge in [0.2, 0.25) is 0 Å². The van der Waals surface area contributed by atoms with Crippen molar-refractivity contribution in [3.63, 3.8) is 0 Å². The number of halogens is 1. The number of unbranched alkanes of at least 4 members (excludes halogenated alkanes) is 1. The Hall–Kier alpha value is -1.01. The topological polar surface area (TPSA) is 76.4 Å². The normalized spacial score (nSPS) is 11.7. The molecule has 0 spiro atoms. The van der Waals surface area contributed by atoms with Gasteiger partial charge in [0, 0.05) is 18.5 Å². The molecule has 1 rings (SSSR count). The van der Waals surface area contributed by atoms with Crippen molar-refractivity contribution in [3.05, 3.63) is 22.0 Å².